The minimum absolute atomic E-state index is 0.132. The fraction of sp³-hybridized carbons (Fsp3) is 0.611. The van der Waals surface area contributed by atoms with Crippen molar-refractivity contribution in [3.63, 3.8) is 0 Å². The molecule has 144 valence electrons. The van der Waals surface area contributed by atoms with Crippen LogP contribution in [0.4, 0.5) is 10.7 Å². The number of Topliss-reactive ketones (excluding diaryl/α,β-unsaturated/α-hetero) is 1. The third kappa shape index (κ3) is 2.60. The Bertz CT molecular complexity index is 867. The predicted molar refractivity (Wildman–Crippen MR) is 94.6 cm³/mol. The summed E-state index contributed by atoms with van der Waals surface area (Å²) in [6, 6.07) is -2.06. The number of aromatic nitrogens is 2. The van der Waals surface area contributed by atoms with Crippen LogP contribution in [0.5, 0.6) is 0 Å². The number of aliphatic imine (C=N–C) groups is 1. The fourth-order valence-electron chi connectivity index (χ4n) is 3.95. The second-order valence-corrected chi connectivity index (χ2v) is 7.43. The lowest BCUT2D eigenvalue weighted by molar-refractivity contribution is -0.677. The van der Waals surface area contributed by atoms with E-state index in [9.17, 15) is 14.4 Å². The number of imidazole rings is 1. The summed E-state index contributed by atoms with van der Waals surface area (Å²) >= 11 is 0. The predicted octanol–water partition coefficient (Wildman–Crippen LogP) is 0.719. The van der Waals surface area contributed by atoms with E-state index in [-0.39, 0.29) is 11.9 Å². The molecule has 0 aliphatic carbocycles. The highest BCUT2D eigenvalue weighted by atomic mass is 16.5. The second kappa shape index (κ2) is 6.26. The molecule has 3 unspecified atom stereocenters. The number of amides is 3. The SMILES string of the molecule is CC(=O)C(C)N1C(=O)C2C(=Nc3n(CC4CCCO4)c(C)c[n+]32)N(C)C1=O. The molecule has 9 nitrogen and oxygen atoms in total. The summed E-state index contributed by atoms with van der Waals surface area (Å²) in [5.74, 6) is 0.375. The van der Waals surface area contributed by atoms with Crippen LogP contribution in [0, 0.1) is 6.92 Å². The molecule has 0 bridgehead atoms. The number of aryl methyl sites for hydroxylation is 1. The molecule has 3 aliphatic rings. The van der Waals surface area contributed by atoms with Gasteiger partial charge in [0.25, 0.3) is 5.91 Å². The van der Waals surface area contributed by atoms with E-state index < -0.39 is 24.0 Å². The van der Waals surface area contributed by atoms with E-state index in [4.69, 9.17) is 4.74 Å². The highest BCUT2D eigenvalue weighted by molar-refractivity contribution is 6.20. The van der Waals surface area contributed by atoms with Crippen molar-refractivity contribution in [3.8, 4) is 0 Å². The zero-order valence-electron chi connectivity index (χ0n) is 16.0. The van der Waals surface area contributed by atoms with Gasteiger partial charge in [-0.05, 0) is 33.6 Å². The Hall–Kier alpha value is -2.55. The van der Waals surface area contributed by atoms with Gasteiger partial charge in [-0.25, -0.2) is 18.8 Å². The lowest BCUT2D eigenvalue weighted by Crippen LogP contribution is -2.65. The second-order valence-electron chi connectivity index (χ2n) is 7.43. The van der Waals surface area contributed by atoms with E-state index >= 15 is 0 Å². The number of likely N-dealkylation sites (N-methyl/N-ethyl adjacent to an activating group) is 1. The number of fused-ring (bicyclic) bond motifs is 3. The number of rotatable bonds is 4. The van der Waals surface area contributed by atoms with Crippen molar-refractivity contribution in [2.24, 2.45) is 4.99 Å². The van der Waals surface area contributed by atoms with E-state index in [0.717, 1.165) is 30.0 Å². The number of ketones is 1. The molecular weight excluding hydrogens is 350 g/mol. The Kier molecular flexibility index (Phi) is 4.14. The monoisotopic (exact) mass is 374 g/mol. The van der Waals surface area contributed by atoms with Crippen molar-refractivity contribution >= 4 is 29.5 Å². The molecule has 3 atom stereocenters. The van der Waals surface area contributed by atoms with Gasteiger partial charge in [0.15, 0.2) is 5.78 Å². The van der Waals surface area contributed by atoms with Crippen LogP contribution in [0.25, 0.3) is 0 Å². The average molecular weight is 374 g/mol. The maximum absolute atomic E-state index is 13.1. The summed E-state index contributed by atoms with van der Waals surface area (Å²) < 4.78 is 9.57. The van der Waals surface area contributed by atoms with Crippen molar-refractivity contribution in [1.29, 1.82) is 0 Å². The lowest BCUT2D eigenvalue weighted by atomic mass is 10.1. The number of urea groups is 1. The molecule has 0 radical (unpaired) electrons. The molecule has 2 saturated heterocycles. The number of hydrogen-bond acceptors (Lipinski definition) is 5. The highest BCUT2D eigenvalue weighted by Gasteiger charge is 2.54. The van der Waals surface area contributed by atoms with Crippen molar-refractivity contribution in [1.82, 2.24) is 14.4 Å². The number of carbonyl (C=O) groups is 3. The van der Waals surface area contributed by atoms with Gasteiger partial charge in [0.2, 0.25) is 11.9 Å². The van der Waals surface area contributed by atoms with Crippen LogP contribution >= 0.6 is 0 Å². The smallest absolute Gasteiger partial charge is 0.375 e. The molecule has 4 rings (SSSR count). The topological polar surface area (TPSA) is 88.1 Å². The minimum Gasteiger partial charge on any atom is -0.375 e. The van der Waals surface area contributed by atoms with Gasteiger partial charge in [-0.15, -0.1) is 0 Å². The lowest BCUT2D eigenvalue weighted by Gasteiger charge is -2.35. The van der Waals surface area contributed by atoms with Crippen molar-refractivity contribution < 1.29 is 23.7 Å². The zero-order chi connectivity index (χ0) is 19.5. The summed E-state index contributed by atoms with van der Waals surface area (Å²) in [4.78, 5) is 44.7. The summed E-state index contributed by atoms with van der Waals surface area (Å²) in [6.07, 6.45) is 4.06. The van der Waals surface area contributed by atoms with E-state index in [0.29, 0.717) is 18.3 Å². The maximum Gasteiger partial charge on any atom is 0.402 e. The molecule has 9 heteroatoms. The van der Waals surface area contributed by atoms with E-state index in [2.05, 4.69) is 4.99 Å². The highest BCUT2D eigenvalue weighted by Crippen LogP contribution is 2.31. The van der Waals surface area contributed by atoms with Gasteiger partial charge >= 0.3 is 12.0 Å². The fourth-order valence-corrected chi connectivity index (χ4v) is 3.95. The maximum atomic E-state index is 13.1. The standard InChI is InChI=1S/C18H24N5O4/c1-10-8-22-14-15(19-17(22)21(10)9-13-6-5-7-27-13)20(4)18(26)23(16(14)25)11(2)12(3)24/h8,11,13-14H,5-7,9H2,1-4H3/q+1. The van der Waals surface area contributed by atoms with Crippen molar-refractivity contribution in [2.75, 3.05) is 13.7 Å². The molecule has 2 fully saturated rings. The van der Waals surface area contributed by atoms with Crippen LogP contribution in [0.1, 0.15) is 38.4 Å². The molecule has 1 aromatic heterocycles. The van der Waals surface area contributed by atoms with E-state index in [1.807, 2.05) is 17.7 Å². The largest absolute Gasteiger partial charge is 0.402 e. The van der Waals surface area contributed by atoms with Gasteiger partial charge in [-0.1, -0.05) is 4.99 Å². The van der Waals surface area contributed by atoms with Gasteiger partial charge in [0.05, 0.1) is 18.7 Å². The van der Waals surface area contributed by atoms with Crippen LogP contribution in [0.2, 0.25) is 0 Å². The zero-order valence-corrected chi connectivity index (χ0v) is 16.0. The van der Waals surface area contributed by atoms with Gasteiger partial charge in [-0.2, -0.15) is 0 Å². The average Bonchev–Trinajstić information content (AvgIpc) is 3.31. The molecule has 0 spiro atoms. The minimum atomic E-state index is -0.811. The quantitative estimate of drug-likeness (QED) is 0.727. The van der Waals surface area contributed by atoms with Crippen LogP contribution < -0.4 is 4.57 Å². The van der Waals surface area contributed by atoms with Gasteiger partial charge in [0.1, 0.15) is 11.9 Å². The summed E-state index contributed by atoms with van der Waals surface area (Å²) in [7, 11) is 1.59. The molecular formula is C18H24N5O4+. The number of nitrogens with zero attached hydrogens (tertiary/aromatic N) is 5. The summed E-state index contributed by atoms with van der Waals surface area (Å²) in [5.41, 5.74) is 0.974. The Morgan fingerprint density at radius 3 is 2.81 bits per heavy atom. The van der Waals surface area contributed by atoms with Crippen LogP contribution in [-0.2, 0) is 20.9 Å². The molecule has 0 aromatic carbocycles. The number of ether oxygens (including phenoxy) is 1. The van der Waals surface area contributed by atoms with Crippen LogP contribution in [-0.4, -0.2) is 63.7 Å². The van der Waals surface area contributed by atoms with Crippen LogP contribution in [0.15, 0.2) is 11.2 Å². The molecule has 27 heavy (non-hydrogen) atoms. The Morgan fingerprint density at radius 1 is 1.44 bits per heavy atom. The Labute approximate surface area is 157 Å². The molecule has 0 saturated carbocycles. The Balaban J connectivity index is 1.73. The van der Waals surface area contributed by atoms with Gasteiger partial charge < -0.3 is 4.74 Å². The molecule has 3 amide bonds. The third-order valence-electron chi connectivity index (χ3n) is 5.66. The number of amidine groups is 1. The number of hydrogen-bond donors (Lipinski definition) is 0. The number of imide groups is 1. The van der Waals surface area contributed by atoms with Crippen LogP contribution in [0.3, 0.4) is 0 Å². The number of carbonyl (C=O) groups excluding carboxylic acids is 3. The first-order valence-corrected chi connectivity index (χ1v) is 9.24. The van der Waals surface area contributed by atoms with Gasteiger partial charge in [-0.3, -0.25) is 14.5 Å². The molecule has 1 aromatic rings. The van der Waals surface area contributed by atoms with Gasteiger partial charge in [0, 0.05) is 13.7 Å². The van der Waals surface area contributed by atoms with E-state index in [1.54, 1.807) is 18.5 Å². The van der Waals surface area contributed by atoms with Crippen molar-refractivity contribution in [3.05, 3.63) is 11.9 Å². The summed E-state index contributed by atoms with van der Waals surface area (Å²) in [6.45, 7) is 6.35. The Morgan fingerprint density at radius 2 is 2.19 bits per heavy atom. The molecule has 3 aliphatic heterocycles. The first kappa shape index (κ1) is 17.8. The first-order chi connectivity index (χ1) is 12.8. The van der Waals surface area contributed by atoms with Crippen molar-refractivity contribution in [2.45, 2.75) is 58.3 Å². The van der Waals surface area contributed by atoms with E-state index in [1.165, 1.54) is 11.8 Å². The first-order valence-electron chi connectivity index (χ1n) is 9.24. The summed E-state index contributed by atoms with van der Waals surface area (Å²) in [5, 5.41) is 0. The normalized spacial score (nSPS) is 25.6. The molecule has 4 heterocycles. The third-order valence-corrected chi connectivity index (χ3v) is 5.66. The molecule has 0 N–H and O–H groups in total.